The third kappa shape index (κ3) is 3.53. The summed E-state index contributed by atoms with van der Waals surface area (Å²) in [6, 6.07) is 8.57. The number of rotatable bonds is 3. The molecule has 0 spiro atoms. The average Bonchev–Trinajstić information content (AvgIpc) is 2.28. The van der Waals surface area contributed by atoms with Crippen LogP contribution in [0.1, 0.15) is 25.0 Å². The Morgan fingerprint density at radius 2 is 1.65 bits per heavy atom. The molecule has 0 aliphatic carbocycles. The Hall–Kier alpha value is -0.900. The lowest BCUT2D eigenvalue weighted by molar-refractivity contribution is -0.0704. The molecule has 1 aliphatic heterocycles. The second kappa shape index (κ2) is 5.63. The fourth-order valence-corrected chi connectivity index (χ4v) is 2.45. The molecule has 1 aliphatic rings. The minimum absolute atomic E-state index is 0.335. The van der Waals surface area contributed by atoms with E-state index in [1.807, 2.05) is 0 Å². The Morgan fingerprint density at radius 3 is 2.18 bits per heavy atom. The molecule has 0 unspecified atom stereocenters. The summed E-state index contributed by atoms with van der Waals surface area (Å²) in [5.74, 6) is 0. The Morgan fingerprint density at radius 1 is 1.12 bits per heavy atom. The fraction of sp³-hybridized carbons (Fsp3) is 0.571. The van der Waals surface area contributed by atoms with E-state index in [0.29, 0.717) is 18.8 Å². The van der Waals surface area contributed by atoms with Crippen LogP contribution in [0, 0.1) is 0 Å². The Labute approximate surface area is 104 Å². The van der Waals surface area contributed by atoms with E-state index in [2.05, 4.69) is 43.0 Å². The van der Waals surface area contributed by atoms with Crippen LogP contribution in [0.2, 0.25) is 0 Å². The molecule has 0 saturated carbocycles. The molecule has 94 valence electrons. The van der Waals surface area contributed by atoms with Gasteiger partial charge in [0.15, 0.2) is 0 Å². The highest BCUT2D eigenvalue weighted by molar-refractivity contribution is 5.22. The molecule has 0 aromatic heterocycles. The van der Waals surface area contributed by atoms with Crippen molar-refractivity contribution in [2.45, 2.75) is 39.1 Å². The smallest absolute Gasteiger partial charge is 0.0678 e. The summed E-state index contributed by atoms with van der Waals surface area (Å²) < 4.78 is 5.73. The molecule has 1 fully saturated rings. The van der Waals surface area contributed by atoms with Gasteiger partial charge in [0.25, 0.3) is 0 Å². The van der Waals surface area contributed by atoms with Gasteiger partial charge in [-0.1, -0.05) is 24.3 Å². The SMILES string of the molecule is C[C@@H]1CN(Cc2ccc(CN)cc2)C[C@@H](C)O1. The molecular formula is C14H22N2O. The number of nitrogens with zero attached hydrogens (tertiary/aromatic N) is 1. The zero-order valence-corrected chi connectivity index (χ0v) is 10.7. The maximum absolute atomic E-state index is 5.73. The molecule has 1 saturated heterocycles. The van der Waals surface area contributed by atoms with Gasteiger partial charge in [-0.3, -0.25) is 4.90 Å². The fourth-order valence-electron chi connectivity index (χ4n) is 2.45. The predicted molar refractivity (Wildman–Crippen MR) is 69.6 cm³/mol. The van der Waals surface area contributed by atoms with Crippen molar-refractivity contribution in [3.05, 3.63) is 35.4 Å². The van der Waals surface area contributed by atoms with Crippen molar-refractivity contribution in [1.82, 2.24) is 4.90 Å². The molecule has 0 amide bonds. The maximum Gasteiger partial charge on any atom is 0.0678 e. The highest BCUT2D eigenvalue weighted by atomic mass is 16.5. The van der Waals surface area contributed by atoms with E-state index < -0.39 is 0 Å². The summed E-state index contributed by atoms with van der Waals surface area (Å²) in [6.07, 6.45) is 0.670. The summed E-state index contributed by atoms with van der Waals surface area (Å²) in [4.78, 5) is 2.45. The van der Waals surface area contributed by atoms with Crippen molar-refractivity contribution in [3.63, 3.8) is 0 Å². The summed E-state index contributed by atoms with van der Waals surface area (Å²) in [7, 11) is 0. The van der Waals surface area contributed by atoms with Crippen LogP contribution in [0.4, 0.5) is 0 Å². The van der Waals surface area contributed by atoms with Gasteiger partial charge in [0, 0.05) is 26.2 Å². The topological polar surface area (TPSA) is 38.5 Å². The Kier molecular flexibility index (Phi) is 4.15. The van der Waals surface area contributed by atoms with Crippen molar-refractivity contribution in [1.29, 1.82) is 0 Å². The first-order chi connectivity index (χ1) is 8.17. The number of hydrogen-bond acceptors (Lipinski definition) is 3. The summed E-state index contributed by atoms with van der Waals surface area (Å²) in [5, 5.41) is 0. The van der Waals surface area contributed by atoms with Gasteiger partial charge in [0.1, 0.15) is 0 Å². The lowest BCUT2D eigenvalue weighted by Gasteiger charge is -2.35. The van der Waals surface area contributed by atoms with Crippen molar-refractivity contribution in [3.8, 4) is 0 Å². The first-order valence-corrected chi connectivity index (χ1v) is 6.33. The number of benzene rings is 1. The van der Waals surface area contributed by atoms with E-state index in [4.69, 9.17) is 10.5 Å². The lowest BCUT2D eigenvalue weighted by atomic mass is 10.1. The molecule has 0 radical (unpaired) electrons. The number of ether oxygens (including phenoxy) is 1. The molecule has 1 aromatic rings. The van der Waals surface area contributed by atoms with Crippen LogP contribution in [0.15, 0.2) is 24.3 Å². The molecule has 1 heterocycles. The Bertz CT molecular complexity index is 340. The average molecular weight is 234 g/mol. The molecular weight excluding hydrogens is 212 g/mol. The number of hydrogen-bond donors (Lipinski definition) is 1. The predicted octanol–water partition coefficient (Wildman–Crippen LogP) is 1.75. The molecule has 0 bridgehead atoms. The minimum atomic E-state index is 0.335. The quantitative estimate of drug-likeness (QED) is 0.866. The van der Waals surface area contributed by atoms with Crippen LogP contribution in [0.3, 0.4) is 0 Å². The second-order valence-corrected chi connectivity index (χ2v) is 4.97. The highest BCUT2D eigenvalue weighted by Crippen LogP contribution is 2.14. The van der Waals surface area contributed by atoms with E-state index in [1.165, 1.54) is 11.1 Å². The first-order valence-electron chi connectivity index (χ1n) is 6.33. The normalized spacial score (nSPS) is 26.1. The standard InChI is InChI=1S/C14H22N2O/c1-11-8-16(9-12(2)17-11)10-14-5-3-13(7-15)4-6-14/h3-6,11-12H,7-10,15H2,1-2H3/t11-,12-/m1/s1. The van der Waals surface area contributed by atoms with Crippen LogP contribution in [0.5, 0.6) is 0 Å². The van der Waals surface area contributed by atoms with Crippen LogP contribution in [-0.4, -0.2) is 30.2 Å². The molecule has 2 N–H and O–H groups in total. The van der Waals surface area contributed by atoms with Gasteiger partial charge >= 0.3 is 0 Å². The van der Waals surface area contributed by atoms with E-state index >= 15 is 0 Å². The summed E-state index contributed by atoms with van der Waals surface area (Å²) in [5.41, 5.74) is 8.14. The van der Waals surface area contributed by atoms with Gasteiger partial charge < -0.3 is 10.5 Å². The molecule has 3 nitrogen and oxygen atoms in total. The maximum atomic E-state index is 5.73. The van der Waals surface area contributed by atoms with E-state index in [0.717, 1.165) is 19.6 Å². The molecule has 17 heavy (non-hydrogen) atoms. The van der Waals surface area contributed by atoms with Gasteiger partial charge in [-0.2, -0.15) is 0 Å². The number of nitrogens with two attached hydrogens (primary N) is 1. The zero-order chi connectivity index (χ0) is 12.3. The van der Waals surface area contributed by atoms with Gasteiger partial charge in [-0.25, -0.2) is 0 Å². The first kappa shape index (κ1) is 12.6. The minimum Gasteiger partial charge on any atom is -0.373 e. The lowest BCUT2D eigenvalue weighted by Crippen LogP contribution is -2.44. The van der Waals surface area contributed by atoms with E-state index in [1.54, 1.807) is 0 Å². The van der Waals surface area contributed by atoms with Crippen LogP contribution in [-0.2, 0) is 17.8 Å². The van der Waals surface area contributed by atoms with E-state index in [-0.39, 0.29) is 0 Å². The Balaban J connectivity index is 1.95. The van der Waals surface area contributed by atoms with Crippen LogP contribution in [0.25, 0.3) is 0 Å². The molecule has 2 atom stereocenters. The van der Waals surface area contributed by atoms with Crippen molar-refractivity contribution in [2.24, 2.45) is 5.73 Å². The molecule has 3 heteroatoms. The van der Waals surface area contributed by atoms with Crippen molar-refractivity contribution in [2.75, 3.05) is 13.1 Å². The van der Waals surface area contributed by atoms with Gasteiger partial charge in [-0.05, 0) is 25.0 Å². The second-order valence-electron chi connectivity index (χ2n) is 4.97. The van der Waals surface area contributed by atoms with Gasteiger partial charge in [0.2, 0.25) is 0 Å². The van der Waals surface area contributed by atoms with E-state index in [9.17, 15) is 0 Å². The van der Waals surface area contributed by atoms with Crippen LogP contribution < -0.4 is 5.73 Å². The van der Waals surface area contributed by atoms with Gasteiger partial charge in [0.05, 0.1) is 12.2 Å². The van der Waals surface area contributed by atoms with Gasteiger partial charge in [-0.15, -0.1) is 0 Å². The third-order valence-corrected chi connectivity index (χ3v) is 3.16. The van der Waals surface area contributed by atoms with Crippen molar-refractivity contribution >= 4 is 0 Å². The monoisotopic (exact) mass is 234 g/mol. The zero-order valence-electron chi connectivity index (χ0n) is 10.7. The summed E-state index contributed by atoms with van der Waals surface area (Å²) in [6.45, 7) is 7.93. The summed E-state index contributed by atoms with van der Waals surface area (Å²) >= 11 is 0. The molecule has 2 rings (SSSR count). The third-order valence-electron chi connectivity index (χ3n) is 3.16. The highest BCUT2D eigenvalue weighted by Gasteiger charge is 2.21. The largest absolute Gasteiger partial charge is 0.373 e. The van der Waals surface area contributed by atoms with Crippen molar-refractivity contribution < 1.29 is 4.74 Å². The molecule has 1 aromatic carbocycles. The number of morpholine rings is 1. The van der Waals surface area contributed by atoms with Crippen LogP contribution >= 0.6 is 0 Å².